The zero-order valence-corrected chi connectivity index (χ0v) is 18.0. The molecule has 5 nitrogen and oxygen atoms in total. The molecule has 0 aromatic heterocycles. The molecule has 1 aromatic carbocycles. The summed E-state index contributed by atoms with van der Waals surface area (Å²) in [6.45, 7) is 5.78. The molecule has 0 aliphatic carbocycles. The van der Waals surface area contributed by atoms with Crippen LogP contribution in [0.2, 0.25) is 0 Å². The van der Waals surface area contributed by atoms with Crippen molar-refractivity contribution < 1.29 is 27.6 Å². The van der Waals surface area contributed by atoms with Crippen LogP contribution < -0.4 is 4.90 Å². The lowest BCUT2D eigenvalue weighted by atomic mass is 9.75. The molecule has 1 unspecified atom stereocenters. The van der Waals surface area contributed by atoms with Crippen LogP contribution in [0.4, 0.5) is 23.7 Å². The maximum Gasteiger partial charge on any atom is 0.416 e. The first-order chi connectivity index (χ1) is 14.6. The summed E-state index contributed by atoms with van der Waals surface area (Å²) in [6, 6.07) is 2.90. The summed E-state index contributed by atoms with van der Waals surface area (Å²) < 4.78 is 38.7. The van der Waals surface area contributed by atoms with E-state index in [2.05, 4.69) is 13.5 Å². The minimum Gasteiger partial charge on any atom is -0.273 e. The van der Waals surface area contributed by atoms with E-state index in [-0.39, 0.29) is 18.5 Å². The van der Waals surface area contributed by atoms with Crippen molar-refractivity contribution in [3.63, 3.8) is 0 Å². The molecule has 1 aliphatic rings. The smallest absolute Gasteiger partial charge is 0.273 e. The third-order valence-corrected chi connectivity index (χ3v) is 5.71. The maximum absolute atomic E-state index is 13.4. The average molecular weight is 438 g/mol. The second-order valence-electron chi connectivity index (χ2n) is 7.92. The first kappa shape index (κ1) is 24.6. The SMILES string of the molecule is C=CCC1(CCCCCCCC)C(=O)N(C)C(=O)N(c2ccc(C(F)(F)F)cc2)C1=O. The molecule has 1 aliphatic heterocycles. The minimum atomic E-state index is -4.54. The molecule has 1 atom stereocenters. The van der Waals surface area contributed by atoms with Crippen molar-refractivity contribution in [3.8, 4) is 0 Å². The Balaban J connectivity index is 2.33. The van der Waals surface area contributed by atoms with Gasteiger partial charge in [0.1, 0.15) is 5.41 Å². The molecule has 31 heavy (non-hydrogen) atoms. The summed E-state index contributed by atoms with van der Waals surface area (Å²) in [7, 11) is 1.28. The summed E-state index contributed by atoms with van der Waals surface area (Å²) in [5.74, 6) is -1.31. The van der Waals surface area contributed by atoms with Crippen LogP contribution in [0.25, 0.3) is 0 Å². The van der Waals surface area contributed by atoms with E-state index < -0.39 is 35.0 Å². The van der Waals surface area contributed by atoms with Crippen molar-refractivity contribution in [1.29, 1.82) is 0 Å². The van der Waals surface area contributed by atoms with E-state index >= 15 is 0 Å². The molecule has 0 N–H and O–H groups in total. The average Bonchev–Trinajstić information content (AvgIpc) is 2.73. The molecule has 170 valence electrons. The van der Waals surface area contributed by atoms with E-state index in [4.69, 9.17) is 0 Å². The van der Waals surface area contributed by atoms with Crippen molar-refractivity contribution >= 4 is 23.5 Å². The lowest BCUT2D eigenvalue weighted by Crippen LogP contribution is -2.64. The Morgan fingerprint density at radius 3 is 2.10 bits per heavy atom. The number of amides is 4. The Labute approximate surface area is 180 Å². The van der Waals surface area contributed by atoms with Crippen LogP contribution in [-0.2, 0) is 15.8 Å². The highest BCUT2D eigenvalue weighted by molar-refractivity contribution is 6.29. The summed E-state index contributed by atoms with van der Waals surface area (Å²) in [4.78, 5) is 40.9. The molecule has 0 saturated carbocycles. The Morgan fingerprint density at radius 1 is 0.968 bits per heavy atom. The lowest BCUT2D eigenvalue weighted by Gasteiger charge is -2.42. The normalized spacial score (nSPS) is 19.8. The van der Waals surface area contributed by atoms with Gasteiger partial charge in [-0.3, -0.25) is 14.5 Å². The fraction of sp³-hybridized carbons (Fsp3) is 0.522. The molecule has 4 amide bonds. The van der Waals surface area contributed by atoms with Crippen LogP contribution in [0.3, 0.4) is 0 Å². The predicted molar refractivity (Wildman–Crippen MR) is 112 cm³/mol. The zero-order chi connectivity index (χ0) is 23.2. The number of carbonyl (C=O) groups is 3. The first-order valence-electron chi connectivity index (χ1n) is 10.5. The van der Waals surface area contributed by atoms with Gasteiger partial charge in [0.05, 0.1) is 11.3 Å². The van der Waals surface area contributed by atoms with Gasteiger partial charge in [-0.1, -0.05) is 51.5 Å². The van der Waals surface area contributed by atoms with Crippen molar-refractivity contribution in [2.24, 2.45) is 5.41 Å². The van der Waals surface area contributed by atoms with E-state index in [9.17, 15) is 27.6 Å². The van der Waals surface area contributed by atoms with Crippen molar-refractivity contribution in [2.75, 3.05) is 11.9 Å². The number of urea groups is 1. The summed E-state index contributed by atoms with van der Waals surface area (Å²) in [5, 5.41) is 0. The molecule has 1 aromatic rings. The van der Waals surface area contributed by atoms with Gasteiger partial charge in [-0.25, -0.2) is 9.69 Å². The van der Waals surface area contributed by atoms with E-state index in [1.807, 2.05) is 0 Å². The summed E-state index contributed by atoms with van der Waals surface area (Å²) in [5.41, 5.74) is -2.38. The molecule has 0 bridgehead atoms. The zero-order valence-electron chi connectivity index (χ0n) is 18.0. The van der Waals surface area contributed by atoms with Gasteiger partial charge >= 0.3 is 12.2 Å². The van der Waals surface area contributed by atoms with Crippen molar-refractivity contribution in [3.05, 3.63) is 42.5 Å². The number of benzene rings is 1. The minimum absolute atomic E-state index is 0.00117. The third kappa shape index (κ3) is 5.17. The molecular formula is C23H29F3N2O3. The van der Waals surface area contributed by atoms with Gasteiger partial charge in [-0.2, -0.15) is 13.2 Å². The molecule has 0 radical (unpaired) electrons. The van der Waals surface area contributed by atoms with E-state index in [0.29, 0.717) is 6.42 Å². The van der Waals surface area contributed by atoms with Gasteiger partial charge in [-0.05, 0) is 37.1 Å². The predicted octanol–water partition coefficient (Wildman–Crippen LogP) is 5.94. The number of hydrogen-bond acceptors (Lipinski definition) is 3. The van der Waals surface area contributed by atoms with Gasteiger partial charge in [0.2, 0.25) is 5.91 Å². The van der Waals surface area contributed by atoms with Crippen LogP contribution in [0, 0.1) is 5.41 Å². The second kappa shape index (κ2) is 10.1. The van der Waals surface area contributed by atoms with E-state index in [1.165, 1.54) is 13.1 Å². The van der Waals surface area contributed by atoms with Crippen LogP contribution in [0.15, 0.2) is 36.9 Å². The number of imide groups is 2. The van der Waals surface area contributed by atoms with Crippen molar-refractivity contribution in [2.45, 2.75) is 64.5 Å². The molecular weight excluding hydrogens is 409 g/mol. The van der Waals surface area contributed by atoms with E-state index in [1.54, 1.807) is 0 Å². The molecule has 0 spiro atoms. The van der Waals surface area contributed by atoms with Crippen molar-refractivity contribution in [1.82, 2.24) is 4.90 Å². The number of allylic oxidation sites excluding steroid dienone is 1. The molecule has 1 heterocycles. The second-order valence-corrected chi connectivity index (χ2v) is 7.92. The number of nitrogens with zero attached hydrogens (tertiary/aromatic N) is 2. The molecule has 1 fully saturated rings. The van der Waals surface area contributed by atoms with Gasteiger partial charge in [0.15, 0.2) is 0 Å². The Hall–Kier alpha value is -2.64. The highest BCUT2D eigenvalue weighted by Crippen LogP contribution is 2.40. The Morgan fingerprint density at radius 2 is 1.55 bits per heavy atom. The van der Waals surface area contributed by atoms with E-state index in [0.717, 1.165) is 66.2 Å². The lowest BCUT2D eigenvalue weighted by molar-refractivity contribution is -0.149. The maximum atomic E-state index is 13.4. The number of halogens is 3. The summed E-state index contributed by atoms with van der Waals surface area (Å²) >= 11 is 0. The quantitative estimate of drug-likeness (QED) is 0.258. The van der Waals surface area contributed by atoms with Crippen LogP contribution in [0.5, 0.6) is 0 Å². The number of unbranched alkanes of at least 4 members (excludes halogenated alkanes) is 5. The van der Waals surface area contributed by atoms with Gasteiger partial charge in [0, 0.05) is 7.05 Å². The van der Waals surface area contributed by atoms with Crippen LogP contribution >= 0.6 is 0 Å². The number of alkyl halides is 3. The number of carbonyl (C=O) groups excluding carboxylic acids is 3. The van der Waals surface area contributed by atoms with Gasteiger partial charge in [0.25, 0.3) is 5.91 Å². The molecule has 8 heteroatoms. The van der Waals surface area contributed by atoms with Gasteiger partial charge < -0.3 is 0 Å². The molecule has 1 saturated heterocycles. The molecule has 2 rings (SSSR count). The van der Waals surface area contributed by atoms with Crippen LogP contribution in [-0.4, -0.2) is 29.8 Å². The Kier molecular flexibility index (Phi) is 8.03. The number of anilines is 1. The van der Waals surface area contributed by atoms with Gasteiger partial charge in [-0.15, -0.1) is 6.58 Å². The topological polar surface area (TPSA) is 57.7 Å². The Bertz CT molecular complexity index is 820. The highest BCUT2D eigenvalue weighted by Gasteiger charge is 2.55. The largest absolute Gasteiger partial charge is 0.416 e. The summed E-state index contributed by atoms with van der Waals surface area (Å²) in [6.07, 6.45) is 2.98. The monoisotopic (exact) mass is 438 g/mol. The number of rotatable bonds is 10. The van der Waals surface area contributed by atoms with Crippen LogP contribution in [0.1, 0.15) is 63.9 Å². The third-order valence-electron chi connectivity index (χ3n) is 5.71. The fourth-order valence-electron chi connectivity index (χ4n) is 3.92. The highest BCUT2D eigenvalue weighted by atomic mass is 19.4. The number of hydrogen-bond donors (Lipinski definition) is 0. The standard InChI is InChI=1S/C23H29F3N2O3/c1-4-6-7-8-9-10-16-22(15-5-2)19(29)27(3)21(31)28(20(22)30)18-13-11-17(12-14-18)23(24,25)26/h5,11-14H,2,4,6-10,15-16H2,1,3H3. The fourth-order valence-corrected chi connectivity index (χ4v) is 3.92. The number of barbiturate groups is 1. The first-order valence-corrected chi connectivity index (χ1v) is 10.5.